The third kappa shape index (κ3) is 1.78. The Bertz CT molecular complexity index is 76.5. The van der Waals surface area contributed by atoms with E-state index in [0.29, 0.717) is 0 Å². The highest BCUT2D eigenvalue weighted by Gasteiger charge is 1.95. The Hall–Kier alpha value is -0.790. The topological polar surface area (TPSA) is 27.1 Å². The molecule has 1 atom stereocenters. The Morgan fingerprint density at radius 1 is 1.75 bits per heavy atom. The van der Waals surface area contributed by atoms with Gasteiger partial charge in [0.15, 0.2) is 0 Å². The van der Waals surface area contributed by atoms with Gasteiger partial charge in [0.25, 0.3) is 0 Å². The van der Waals surface area contributed by atoms with Crippen LogP contribution in [0.25, 0.3) is 0 Å². The summed E-state index contributed by atoms with van der Waals surface area (Å²) in [6.45, 7) is 5.57. The first kappa shape index (κ1) is 7.21. The van der Waals surface area contributed by atoms with Gasteiger partial charge in [-0.15, -0.1) is 6.58 Å². The maximum atomic E-state index is 6.80. The molecule has 0 fully saturated rings. The highest BCUT2D eigenvalue weighted by molar-refractivity contribution is 5.50. The summed E-state index contributed by atoms with van der Waals surface area (Å²) in [6, 6.07) is 0.271. The van der Waals surface area contributed by atoms with Crippen molar-refractivity contribution in [2.45, 2.75) is 13.0 Å². The van der Waals surface area contributed by atoms with E-state index in [4.69, 9.17) is 5.41 Å². The van der Waals surface area contributed by atoms with Crippen molar-refractivity contribution in [2.75, 3.05) is 7.05 Å². The zero-order chi connectivity index (χ0) is 6.57. The molecule has 0 bridgehead atoms. The summed E-state index contributed by atoms with van der Waals surface area (Å²) in [7, 11) is 1.85. The lowest BCUT2D eigenvalue weighted by Gasteiger charge is -2.16. The van der Waals surface area contributed by atoms with Crippen LogP contribution in [-0.2, 0) is 0 Å². The summed E-state index contributed by atoms with van der Waals surface area (Å²) >= 11 is 0. The lowest BCUT2D eigenvalue weighted by molar-refractivity contribution is 0.464. The summed E-state index contributed by atoms with van der Waals surface area (Å²) in [5.41, 5.74) is 0. The molecule has 0 aliphatic heterocycles. The average molecular weight is 112 g/mol. The van der Waals surface area contributed by atoms with E-state index < -0.39 is 0 Å². The van der Waals surface area contributed by atoms with Crippen molar-refractivity contribution in [1.29, 1.82) is 5.41 Å². The maximum absolute atomic E-state index is 6.80. The van der Waals surface area contributed by atoms with Gasteiger partial charge in [0, 0.05) is 13.1 Å². The molecular weight excluding hydrogens is 100 g/mol. The maximum Gasteiger partial charge on any atom is 0.0819 e. The third-order valence-electron chi connectivity index (χ3n) is 1.19. The van der Waals surface area contributed by atoms with Gasteiger partial charge in [0.1, 0.15) is 0 Å². The monoisotopic (exact) mass is 112 g/mol. The van der Waals surface area contributed by atoms with E-state index in [0.717, 1.165) is 0 Å². The molecule has 2 nitrogen and oxygen atoms in total. The minimum absolute atomic E-state index is 0.271. The number of hydrogen-bond donors (Lipinski definition) is 1. The van der Waals surface area contributed by atoms with Gasteiger partial charge >= 0.3 is 0 Å². The lowest BCUT2D eigenvalue weighted by atomic mass is 10.3. The summed E-state index contributed by atoms with van der Waals surface area (Å²) < 4.78 is 0. The molecule has 0 aromatic carbocycles. The summed E-state index contributed by atoms with van der Waals surface area (Å²) in [5, 5.41) is 6.80. The van der Waals surface area contributed by atoms with E-state index in [1.54, 1.807) is 11.0 Å². The Morgan fingerprint density at radius 2 is 2.25 bits per heavy atom. The van der Waals surface area contributed by atoms with Crippen LogP contribution in [0.2, 0.25) is 0 Å². The second kappa shape index (κ2) is 3.24. The number of hydrogen-bond acceptors (Lipinski definition) is 1. The molecular formula is C6H12N2. The van der Waals surface area contributed by atoms with E-state index in [-0.39, 0.29) is 6.04 Å². The highest BCUT2D eigenvalue weighted by atomic mass is 15.1. The molecule has 0 aromatic rings. The summed E-state index contributed by atoms with van der Waals surface area (Å²) in [6.07, 6.45) is 3.08. The van der Waals surface area contributed by atoms with Gasteiger partial charge in [0.2, 0.25) is 0 Å². The normalized spacial score (nSPS) is 12.2. The van der Waals surface area contributed by atoms with Crippen molar-refractivity contribution >= 4 is 6.34 Å². The SMILES string of the molecule is C=CC(C)N(C)C=N. The molecule has 0 aliphatic carbocycles. The fraction of sp³-hybridized carbons (Fsp3) is 0.500. The van der Waals surface area contributed by atoms with Gasteiger partial charge < -0.3 is 4.90 Å². The van der Waals surface area contributed by atoms with Crippen LogP contribution in [0.15, 0.2) is 12.7 Å². The number of rotatable bonds is 3. The van der Waals surface area contributed by atoms with Gasteiger partial charge in [-0.25, -0.2) is 0 Å². The predicted molar refractivity (Wildman–Crippen MR) is 36.2 cm³/mol. The quantitative estimate of drug-likeness (QED) is 0.330. The van der Waals surface area contributed by atoms with Gasteiger partial charge in [-0.1, -0.05) is 6.08 Å². The zero-order valence-corrected chi connectivity index (χ0v) is 5.39. The molecule has 0 spiro atoms. The van der Waals surface area contributed by atoms with Crippen LogP contribution >= 0.6 is 0 Å². The van der Waals surface area contributed by atoms with Crippen molar-refractivity contribution < 1.29 is 0 Å². The Morgan fingerprint density at radius 3 is 2.38 bits per heavy atom. The molecule has 0 rings (SSSR count). The van der Waals surface area contributed by atoms with Crippen LogP contribution < -0.4 is 0 Å². The second-order valence-corrected chi connectivity index (χ2v) is 1.77. The van der Waals surface area contributed by atoms with Crippen LogP contribution in [0.1, 0.15) is 6.92 Å². The largest absolute Gasteiger partial charge is 0.360 e. The summed E-state index contributed by atoms with van der Waals surface area (Å²) in [5.74, 6) is 0. The van der Waals surface area contributed by atoms with Gasteiger partial charge in [-0.05, 0) is 6.92 Å². The molecule has 0 aliphatic rings. The molecule has 0 saturated heterocycles. The number of nitrogens with zero attached hydrogens (tertiary/aromatic N) is 1. The van der Waals surface area contributed by atoms with Crippen LogP contribution in [0.5, 0.6) is 0 Å². The van der Waals surface area contributed by atoms with Crippen molar-refractivity contribution in [3.63, 3.8) is 0 Å². The Labute approximate surface area is 50.3 Å². The molecule has 8 heavy (non-hydrogen) atoms. The van der Waals surface area contributed by atoms with E-state index in [1.165, 1.54) is 6.34 Å². The van der Waals surface area contributed by atoms with Crippen molar-refractivity contribution in [1.82, 2.24) is 4.90 Å². The molecule has 2 heteroatoms. The molecule has 1 unspecified atom stereocenters. The minimum Gasteiger partial charge on any atom is -0.360 e. The van der Waals surface area contributed by atoms with Crippen molar-refractivity contribution in [3.05, 3.63) is 12.7 Å². The Balaban J connectivity index is 3.60. The predicted octanol–water partition coefficient (Wildman–Crippen LogP) is 1.10. The van der Waals surface area contributed by atoms with Crippen LogP contribution in [0.3, 0.4) is 0 Å². The van der Waals surface area contributed by atoms with Gasteiger partial charge in [-0.2, -0.15) is 0 Å². The Kier molecular flexibility index (Phi) is 2.92. The smallest absolute Gasteiger partial charge is 0.0819 e. The van der Waals surface area contributed by atoms with Crippen molar-refractivity contribution in [2.24, 2.45) is 0 Å². The van der Waals surface area contributed by atoms with E-state index >= 15 is 0 Å². The van der Waals surface area contributed by atoms with E-state index in [2.05, 4.69) is 6.58 Å². The second-order valence-electron chi connectivity index (χ2n) is 1.77. The molecule has 0 heterocycles. The highest BCUT2D eigenvalue weighted by Crippen LogP contribution is 1.89. The molecule has 46 valence electrons. The first-order valence-electron chi connectivity index (χ1n) is 2.57. The third-order valence-corrected chi connectivity index (χ3v) is 1.19. The standard InChI is InChI=1S/C6H12N2/c1-4-6(2)8(3)5-7/h4-7H,1H2,2-3H3. The fourth-order valence-corrected chi connectivity index (χ4v) is 0.284. The number of likely N-dealkylation sites (N-methyl/N-ethyl adjacent to an activating group) is 1. The van der Waals surface area contributed by atoms with E-state index in [9.17, 15) is 0 Å². The van der Waals surface area contributed by atoms with Gasteiger partial charge in [-0.3, -0.25) is 5.41 Å². The lowest BCUT2D eigenvalue weighted by Crippen LogP contribution is -2.24. The fourth-order valence-electron chi connectivity index (χ4n) is 0.284. The molecule has 0 aromatic heterocycles. The zero-order valence-electron chi connectivity index (χ0n) is 5.39. The molecule has 0 amide bonds. The van der Waals surface area contributed by atoms with Crippen LogP contribution in [-0.4, -0.2) is 24.3 Å². The van der Waals surface area contributed by atoms with Gasteiger partial charge in [0.05, 0.1) is 6.34 Å². The molecule has 1 N–H and O–H groups in total. The average Bonchev–Trinajstić information content (AvgIpc) is 1.84. The first-order chi connectivity index (χ1) is 3.72. The number of nitrogens with one attached hydrogen (secondary N) is 1. The van der Waals surface area contributed by atoms with Crippen LogP contribution in [0.4, 0.5) is 0 Å². The first-order valence-corrected chi connectivity index (χ1v) is 2.57. The molecule has 0 radical (unpaired) electrons. The van der Waals surface area contributed by atoms with Crippen molar-refractivity contribution in [3.8, 4) is 0 Å². The summed E-state index contributed by atoms with van der Waals surface area (Å²) in [4.78, 5) is 1.77. The molecule has 0 saturated carbocycles. The van der Waals surface area contributed by atoms with E-state index in [1.807, 2.05) is 14.0 Å². The minimum atomic E-state index is 0.271. The van der Waals surface area contributed by atoms with Crippen LogP contribution in [0, 0.1) is 5.41 Å².